The van der Waals surface area contributed by atoms with E-state index >= 15 is 0 Å². The van der Waals surface area contributed by atoms with Crippen molar-refractivity contribution in [2.75, 3.05) is 0 Å². The summed E-state index contributed by atoms with van der Waals surface area (Å²) >= 11 is 3.08. The Bertz CT molecular complexity index is 673. The first kappa shape index (κ1) is 16.5. The molecule has 1 aromatic heterocycles. The SMILES string of the molecule is CC(C)n1nc(Br)nc1Oc1ccc(OC(F)(F)F)c(F)c1. The highest BCUT2D eigenvalue weighted by atomic mass is 79.9. The van der Waals surface area contributed by atoms with Gasteiger partial charge in [0.1, 0.15) is 5.75 Å². The molecule has 0 aliphatic rings. The van der Waals surface area contributed by atoms with Gasteiger partial charge in [0, 0.05) is 6.07 Å². The average Bonchev–Trinajstić information content (AvgIpc) is 2.72. The van der Waals surface area contributed by atoms with Gasteiger partial charge in [-0.05, 0) is 41.9 Å². The van der Waals surface area contributed by atoms with Gasteiger partial charge in [-0.25, -0.2) is 9.07 Å². The lowest BCUT2D eigenvalue weighted by atomic mass is 10.3. The zero-order valence-electron chi connectivity index (χ0n) is 11.4. The molecule has 22 heavy (non-hydrogen) atoms. The van der Waals surface area contributed by atoms with Gasteiger partial charge in [0.15, 0.2) is 11.6 Å². The number of alkyl halides is 3. The molecule has 5 nitrogen and oxygen atoms in total. The molecular weight excluding hydrogens is 374 g/mol. The van der Waals surface area contributed by atoms with Crippen LogP contribution in [0.1, 0.15) is 19.9 Å². The number of aromatic nitrogens is 3. The average molecular weight is 384 g/mol. The van der Waals surface area contributed by atoms with Crippen LogP contribution in [0.15, 0.2) is 22.9 Å². The quantitative estimate of drug-likeness (QED) is 0.731. The van der Waals surface area contributed by atoms with E-state index in [-0.39, 0.29) is 22.5 Å². The Balaban J connectivity index is 2.23. The molecule has 120 valence electrons. The Morgan fingerprint density at radius 1 is 1.27 bits per heavy atom. The zero-order valence-corrected chi connectivity index (χ0v) is 12.9. The van der Waals surface area contributed by atoms with Gasteiger partial charge in [-0.1, -0.05) is 0 Å². The summed E-state index contributed by atoms with van der Waals surface area (Å²) in [4.78, 5) is 3.95. The molecule has 0 saturated carbocycles. The van der Waals surface area contributed by atoms with Crippen LogP contribution in [0, 0.1) is 5.82 Å². The lowest BCUT2D eigenvalue weighted by Gasteiger charge is -2.12. The molecule has 0 saturated heterocycles. The monoisotopic (exact) mass is 383 g/mol. The second kappa shape index (κ2) is 6.11. The predicted molar refractivity (Wildman–Crippen MR) is 71.3 cm³/mol. The number of ether oxygens (including phenoxy) is 2. The van der Waals surface area contributed by atoms with Crippen molar-refractivity contribution in [2.24, 2.45) is 0 Å². The summed E-state index contributed by atoms with van der Waals surface area (Å²) in [5.74, 6) is -2.18. The van der Waals surface area contributed by atoms with Crippen molar-refractivity contribution in [3.8, 4) is 17.5 Å². The predicted octanol–water partition coefficient (Wildman–Crippen LogP) is 4.45. The largest absolute Gasteiger partial charge is 0.573 e. The molecule has 0 spiro atoms. The molecule has 10 heteroatoms. The molecule has 2 rings (SSSR count). The fourth-order valence-electron chi connectivity index (χ4n) is 1.55. The second-order valence-electron chi connectivity index (χ2n) is 4.44. The van der Waals surface area contributed by atoms with Crippen LogP contribution in [0.4, 0.5) is 17.6 Å². The zero-order chi connectivity index (χ0) is 16.5. The van der Waals surface area contributed by atoms with E-state index in [1.807, 2.05) is 13.8 Å². The standard InChI is InChI=1S/C12H10BrF4N3O2/c1-6(2)20-11(18-10(13)19-20)21-7-3-4-9(8(14)5-7)22-12(15,16)17/h3-6H,1-2H3. The molecule has 0 bridgehead atoms. The molecule has 1 aromatic carbocycles. The van der Waals surface area contributed by atoms with E-state index in [1.54, 1.807) is 0 Å². The summed E-state index contributed by atoms with van der Waals surface area (Å²) in [6.07, 6.45) is -4.97. The third-order valence-electron chi connectivity index (χ3n) is 2.40. The van der Waals surface area contributed by atoms with E-state index in [4.69, 9.17) is 4.74 Å². The normalized spacial score (nSPS) is 11.8. The minimum atomic E-state index is -4.97. The van der Waals surface area contributed by atoms with E-state index in [1.165, 1.54) is 4.68 Å². The molecule has 0 aliphatic heterocycles. The number of hydrogen-bond acceptors (Lipinski definition) is 4. The maximum atomic E-state index is 13.6. The third kappa shape index (κ3) is 4.09. The lowest BCUT2D eigenvalue weighted by molar-refractivity contribution is -0.275. The highest BCUT2D eigenvalue weighted by Gasteiger charge is 2.32. The maximum absolute atomic E-state index is 13.6. The van der Waals surface area contributed by atoms with Gasteiger partial charge < -0.3 is 9.47 Å². The van der Waals surface area contributed by atoms with Gasteiger partial charge in [0.05, 0.1) is 6.04 Å². The Labute approximate surface area is 131 Å². The van der Waals surface area contributed by atoms with Crippen LogP contribution < -0.4 is 9.47 Å². The van der Waals surface area contributed by atoms with Crippen LogP contribution >= 0.6 is 15.9 Å². The van der Waals surface area contributed by atoms with Crippen LogP contribution in [-0.2, 0) is 0 Å². The van der Waals surface area contributed by atoms with E-state index < -0.39 is 17.9 Å². The number of rotatable bonds is 4. The summed E-state index contributed by atoms with van der Waals surface area (Å²) in [6.45, 7) is 3.66. The summed E-state index contributed by atoms with van der Waals surface area (Å²) in [5.41, 5.74) is 0. The van der Waals surface area contributed by atoms with Crippen molar-refractivity contribution >= 4 is 15.9 Å². The first-order valence-electron chi connectivity index (χ1n) is 6.01. The summed E-state index contributed by atoms with van der Waals surface area (Å²) in [6, 6.07) is 2.73. The van der Waals surface area contributed by atoms with Crippen LogP contribution in [0.2, 0.25) is 0 Å². The topological polar surface area (TPSA) is 49.2 Å². The molecule has 0 aliphatic carbocycles. The number of nitrogens with zero attached hydrogens (tertiary/aromatic N) is 3. The Kier molecular flexibility index (Phi) is 4.59. The Morgan fingerprint density at radius 3 is 2.50 bits per heavy atom. The van der Waals surface area contributed by atoms with Crippen molar-refractivity contribution in [2.45, 2.75) is 26.3 Å². The van der Waals surface area contributed by atoms with Gasteiger partial charge in [0.2, 0.25) is 4.73 Å². The molecule has 0 fully saturated rings. The van der Waals surface area contributed by atoms with Crippen molar-refractivity contribution in [3.05, 3.63) is 28.7 Å². The first-order valence-corrected chi connectivity index (χ1v) is 6.80. The van der Waals surface area contributed by atoms with Gasteiger partial charge in [-0.3, -0.25) is 0 Å². The smallest absolute Gasteiger partial charge is 0.424 e. The molecule has 0 unspecified atom stereocenters. The van der Waals surface area contributed by atoms with Crippen molar-refractivity contribution in [3.63, 3.8) is 0 Å². The Morgan fingerprint density at radius 2 is 1.95 bits per heavy atom. The minimum Gasteiger partial charge on any atom is -0.424 e. The van der Waals surface area contributed by atoms with Gasteiger partial charge in [0.25, 0.3) is 0 Å². The lowest BCUT2D eigenvalue weighted by Crippen LogP contribution is -2.17. The highest BCUT2D eigenvalue weighted by molar-refractivity contribution is 9.10. The molecule has 0 amide bonds. The van der Waals surface area contributed by atoms with Crippen molar-refractivity contribution in [1.29, 1.82) is 0 Å². The fourth-order valence-corrected chi connectivity index (χ4v) is 1.87. The van der Waals surface area contributed by atoms with Crippen LogP contribution in [0.5, 0.6) is 17.5 Å². The Hall–Kier alpha value is -1.84. The van der Waals surface area contributed by atoms with Gasteiger partial charge >= 0.3 is 12.4 Å². The van der Waals surface area contributed by atoms with Crippen LogP contribution in [0.3, 0.4) is 0 Å². The van der Waals surface area contributed by atoms with Crippen molar-refractivity contribution in [1.82, 2.24) is 14.8 Å². The highest BCUT2D eigenvalue weighted by Crippen LogP contribution is 2.30. The van der Waals surface area contributed by atoms with E-state index in [0.717, 1.165) is 18.2 Å². The van der Waals surface area contributed by atoms with E-state index in [0.29, 0.717) is 0 Å². The van der Waals surface area contributed by atoms with Gasteiger partial charge in [-0.2, -0.15) is 4.98 Å². The molecular formula is C12H10BrF4N3O2. The van der Waals surface area contributed by atoms with Crippen LogP contribution in [0.25, 0.3) is 0 Å². The summed E-state index contributed by atoms with van der Waals surface area (Å²) in [7, 11) is 0. The fraction of sp³-hybridized carbons (Fsp3) is 0.333. The number of halogens is 5. The molecule has 2 aromatic rings. The molecule has 1 heterocycles. The summed E-state index contributed by atoms with van der Waals surface area (Å²) in [5, 5.41) is 4.02. The van der Waals surface area contributed by atoms with E-state index in [2.05, 4.69) is 30.7 Å². The molecule has 0 atom stereocenters. The van der Waals surface area contributed by atoms with Crippen LogP contribution in [-0.4, -0.2) is 21.1 Å². The number of hydrogen-bond donors (Lipinski definition) is 0. The number of benzene rings is 1. The maximum Gasteiger partial charge on any atom is 0.573 e. The van der Waals surface area contributed by atoms with E-state index in [9.17, 15) is 17.6 Å². The summed E-state index contributed by atoms with van der Waals surface area (Å²) < 4.78 is 60.4. The van der Waals surface area contributed by atoms with Crippen molar-refractivity contribution < 1.29 is 27.0 Å². The second-order valence-corrected chi connectivity index (χ2v) is 5.15. The minimum absolute atomic E-state index is 0.0335. The first-order chi connectivity index (χ1) is 10.2. The molecule has 0 N–H and O–H groups in total. The molecule has 0 radical (unpaired) electrons. The van der Waals surface area contributed by atoms with Gasteiger partial charge in [-0.15, -0.1) is 18.3 Å². The third-order valence-corrected chi connectivity index (χ3v) is 2.74.